The average Bonchev–Trinajstić information content (AvgIpc) is 2.88. The van der Waals surface area contributed by atoms with Gasteiger partial charge in [-0.25, -0.2) is 0 Å². The van der Waals surface area contributed by atoms with Gasteiger partial charge in [-0.1, -0.05) is 51.1 Å². The molecule has 0 saturated heterocycles. The van der Waals surface area contributed by atoms with Gasteiger partial charge < -0.3 is 9.64 Å². The van der Waals surface area contributed by atoms with Crippen LogP contribution in [0, 0.1) is 0 Å². The van der Waals surface area contributed by atoms with Crippen molar-refractivity contribution in [1.82, 2.24) is 0 Å². The van der Waals surface area contributed by atoms with Gasteiger partial charge in [0.05, 0.1) is 0 Å². The summed E-state index contributed by atoms with van der Waals surface area (Å²) in [4.78, 5) is 14.5. The second kappa shape index (κ2) is 6.31. The number of benzene rings is 2. The third-order valence-corrected chi connectivity index (χ3v) is 4.56. The van der Waals surface area contributed by atoms with E-state index >= 15 is 0 Å². The quantitative estimate of drug-likeness (QED) is 0.841. The molecule has 0 N–H and O–H groups in total. The van der Waals surface area contributed by atoms with Gasteiger partial charge in [0, 0.05) is 11.7 Å². The zero-order valence-corrected chi connectivity index (χ0v) is 14.9. The van der Waals surface area contributed by atoms with E-state index < -0.39 is 0 Å². The van der Waals surface area contributed by atoms with E-state index in [0.29, 0.717) is 0 Å². The lowest BCUT2D eigenvalue weighted by atomic mass is 9.87. The van der Waals surface area contributed by atoms with Crippen molar-refractivity contribution in [3.63, 3.8) is 0 Å². The molecular formula is C21H25NO2. The van der Waals surface area contributed by atoms with Crippen molar-refractivity contribution in [2.75, 3.05) is 11.5 Å². The largest absolute Gasteiger partial charge is 0.484 e. The van der Waals surface area contributed by atoms with Crippen molar-refractivity contribution in [3.8, 4) is 5.75 Å². The Labute approximate surface area is 144 Å². The lowest BCUT2D eigenvalue weighted by Crippen LogP contribution is -2.39. The Hall–Kier alpha value is -2.29. The van der Waals surface area contributed by atoms with Gasteiger partial charge in [-0.05, 0) is 48.1 Å². The molecule has 1 atom stereocenters. The van der Waals surface area contributed by atoms with Gasteiger partial charge in [0.1, 0.15) is 5.75 Å². The van der Waals surface area contributed by atoms with Crippen molar-refractivity contribution < 1.29 is 9.53 Å². The highest BCUT2D eigenvalue weighted by Gasteiger charge is 2.30. The van der Waals surface area contributed by atoms with Crippen LogP contribution in [0.5, 0.6) is 5.75 Å². The van der Waals surface area contributed by atoms with Crippen LogP contribution >= 0.6 is 0 Å². The Kier molecular flexibility index (Phi) is 4.35. The summed E-state index contributed by atoms with van der Waals surface area (Å²) in [5.74, 6) is 0.740. The molecule has 1 amide bonds. The van der Waals surface area contributed by atoms with Crippen molar-refractivity contribution in [2.24, 2.45) is 0 Å². The van der Waals surface area contributed by atoms with E-state index in [1.54, 1.807) is 0 Å². The van der Waals surface area contributed by atoms with Crippen LogP contribution in [0.1, 0.15) is 38.8 Å². The van der Waals surface area contributed by atoms with Gasteiger partial charge in [-0.15, -0.1) is 0 Å². The maximum atomic E-state index is 12.6. The summed E-state index contributed by atoms with van der Waals surface area (Å²) in [7, 11) is 0. The molecule has 0 bridgehead atoms. The van der Waals surface area contributed by atoms with Gasteiger partial charge in [-0.2, -0.15) is 0 Å². The molecule has 2 aromatic carbocycles. The summed E-state index contributed by atoms with van der Waals surface area (Å²) in [6.07, 6.45) is 0.905. The van der Waals surface area contributed by atoms with E-state index in [1.165, 1.54) is 11.1 Å². The van der Waals surface area contributed by atoms with Crippen LogP contribution in [0.4, 0.5) is 5.69 Å². The average molecular weight is 323 g/mol. The van der Waals surface area contributed by atoms with Crippen LogP contribution < -0.4 is 9.64 Å². The fourth-order valence-corrected chi connectivity index (χ4v) is 3.21. The Morgan fingerprint density at radius 3 is 2.46 bits per heavy atom. The molecule has 126 valence electrons. The van der Waals surface area contributed by atoms with E-state index in [9.17, 15) is 4.79 Å². The summed E-state index contributed by atoms with van der Waals surface area (Å²) < 4.78 is 5.72. The second-order valence-corrected chi connectivity index (χ2v) is 7.51. The lowest BCUT2D eigenvalue weighted by molar-refractivity contribution is -0.120. The highest BCUT2D eigenvalue weighted by Crippen LogP contribution is 2.32. The monoisotopic (exact) mass is 323 g/mol. The van der Waals surface area contributed by atoms with Gasteiger partial charge >= 0.3 is 0 Å². The SMILES string of the molecule is CC1Cc2ccccc2N1C(=O)COc1ccc(C(C)(C)C)cc1. The van der Waals surface area contributed by atoms with E-state index in [4.69, 9.17) is 4.74 Å². The summed E-state index contributed by atoms with van der Waals surface area (Å²) in [5.41, 5.74) is 3.61. The number of amides is 1. The number of ether oxygens (including phenoxy) is 1. The fraction of sp³-hybridized carbons (Fsp3) is 0.381. The van der Waals surface area contributed by atoms with Crippen molar-refractivity contribution in [2.45, 2.75) is 45.6 Å². The van der Waals surface area contributed by atoms with E-state index in [0.717, 1.165) is 17.9 Å². The summed E-state index contributed by atoms with van der Waals surface area (Å²) in [6.45, 7) is 8.68. The fourth-order valence-electron chi connectivity index (χ4n) is 3.21. The molecule has 1 heterocycles. The molecule has 1 unspecified atom stereocenters. The van der Waals surface area contributed by atoms with Gasteiger partial charge in [0.15, 0.2) is 6.61 Å². The van der Waals surface area contributed by atoms with Crippen molar-refractivity contribution >= 4 is 11.6 Å². The molecular weight excluding hydrogens is 298 g/mol. The minimum atomic E-state index is 0.00680. The molecule has 0 saturated carbocycles. The standard InChI is InChI=1S/C21H25NO2/c1-15-13-16-7-5-6-8-19(16)22(15)20(23)14-24-18-11-9-17(10-12-18)21(2,3)4/h5-12,15H,13-14H2,1-4H3. The Balaban J connectivity index is 1.66. The van der Waals surface area contributed by atoms with Gasteiger partial charge in [-0.3, -0.25) is 4.79 Å². The number of rotatable bonds is 3. The first-order valence-electron chi connectivity index (χ1n) is 8.49. The maximum Gasteiger partial charge on any atom is 0.265 e. The lowest BCUT2D eigenvalue weighted by Gasteiger charge is -2.23. The molecule has 0 aliphatic carbocycles. The van der Waals surface area contributed by atoms with Crippen LogP contribution in [0.15, 0.2) is 48.5 Å². The molecule has 0 radical (unpaired) electrons. The number of nitrogens with zero attached hydrogens (tertiary/aromatic N) is 1. The molecule has 24 heavy (non-hydrogen) atoms. The van der Waals surface area contributed by atoms with E-state index in [-0.39, 0.29) is 24.0 Å². The first kappa shape index (κ1) is 16.6. The van der Waals surface area contributed by atoms with E-state index in [2.05, 4.69) is 45.9 Å². The molecule has 0 fully saturated rings. The Morgan fingerprint density at radius 2 is 1.79 bits per heavy atom. The van der Waals surface area contributed by atoms with Crippen LogP contribution in [-0.2, 0) is 16.6 Å². The third-order valence-electron chi connectivity index (χ3n) is 4.56. The molecule has 0 spiro atoms. The second-order valence-electron chi connectivity index (χ2n) is 7.51. The Bertz CT molecular complexity index is 728. The Morgan fingerprint density at radius 1 is 1.12 bits per heavy atom. The van der Waals surface area contributed by atoms with Gasteiger partial charge in [0.2, 0.25) is 0 Å². The van der Waals surface area contributed by atoms with Crippen molar-refractivity contribution in [3.05, 3.63) is 59.7 Å². The first-order valence-corrected chi connectivity index (χ1v) is 8.49. The third kappa shape index (κ3) is 3.30. The number of fused-ring (bicyclic) bond motifs is 1. The molecule has 3 nitrogen and oxygen atoms in total. The minimum Gasteiger partial charge on any atom is -0.484 e. The minimum absolute atomic E-state index is 0.00680. The zero-order valence-electron chi connectivity index (χ0n) is 14.9. The number of carbonyl (C=O) groups is 1. The predicted octanol–water partition coefficient (Wildman–Crippen LogP) is 4.34. The van der Waals surface area contributed by atoms with Crippen molar-refractivity contribution in [1.29, 1.82) is 0 Å². The molecule has 1 aliphatic heterocycles. The van der Waals surface area contributed by atoms with Crippen LogP contribution in [0.3, 0.4) is 0 Å². The maximum absolute atomic E-state index is 12.6. The topological polar surface area (TPSA) is 29.5 Å². The summed E-state index contributed by atoms with van der Waals surface area (Å²) in [5, 5.41) is 0. The van der Waals surface area contributed by atoms with E-state index in [1.807, 2.05) is 35.2 Å². The summed E-state index contributed by atoms with van der Waals surface area (Å²) >= 11 is 0. The number of hydrogen-bond donors (Lipinski definition) is 0. The normalized spacial score (nSPS) is 16.8. The van der Waals surface area contributed by atoms with Crippen LogP contribution in [-0.4, -0.2) is 18.6 Å². The van der Waals surface area contributed by atoms with Crippen LogP contribution in [0.25, 0.3) is 0 Å². The summed E-state index contributed by atoms with van der Waals surface area (Å²) in [6, 6.07) is 16.3. The van der Waals surface area contributed by atoms with Gasteiger partial charge in [0.25, 0.3) is 5.91 Å². The molecule has 3 heteroatoms. The molecule has 2 aromatic rings. The number of para-hydroxylation sites is 1. The first-order chi connectivity index (χ1) is 11.4. The number of anilines is 1. The molecule has 1 aliphatic rings. The molecule has 0 aromatic heterocycles. The zero-order chi connectivity index (χ0) is 17.3. The smallest absolute Gasteiger partial charge is 0.265 e. The predicted molar refractivity (Wildman–Crippen MR) is 97.7 cm³/mol. The highest BCUT2D eigenvalue weighted by atomic mass is 16.5. The number of carbonyl (C=O) groups excluding carboxylic acids is 1. The molecule has 3 rings (SSSR count). The number of hydrogen-bond acceptors (Lipinski definition) is 2. The highest BCUT2D eigenvalue weighted by molar-refractivity contribution is 5.97. The van der Waals surface area contributed by atoms with Crippen LogP contribution in [0.2, 0.25) is 0 Å².